The SMILES string of the molecule is CCN(C)C(=O)OCc1ccc(F)cc1. The van der Waals surface area contributed by atoms with Crippen LogP contribution in [0.2, 0.25) is 0 Å². The third-order valence-electron chi connectivity index (χ3n) is 2.06. The number of benzene rings is 1. The molecule has 4 heteroatoms. The minimum atomic E-state index is -0.373. The van der Waals surface area contributed by atoms with Crippen LogP contribution >= 0.6 is 0 Å². The zero-order chi connectivity index (χ0) is 11.3. The number of halogens is 1. The Morgan fingerprint density at radius 2 is 2.00 bits per heavy atom. The standard InChI is InChI=1S/C11H14FNO2/c1-3-13(2)11(14)15-8-9-4-6-10(12)7-5-9/h4-7H,3,8H2,1-2H3. The van der Waals surface area contributed by atoms with Crippen molar-refractivity contribution in [2.45, 2.75) is 13.5 Å². The summed E-state index contributed by atoms with van der Waals surface area (Å²) in [5.41, 5.74) is 0.772. The van der Waals surface area contributed by atoms with Gasteiger partial charge in [0.2, 0.25) is 0 Å². The van der Waals surface area contributed by atoms with E-state index in [-0.39, 0.29) is 18.5 Å². The Balaban J connectivity index is 2.43. The van der Waals surface area contributed by atoms with Crippen molar-refractivity contribution >= 4 is 6.09 Å². The second kappa shape index (κ2) is 5.34. The van der Waals surface area contributed by atoms with Crippen LogP contribution in [0.25, 0.3) is 0 Å². The fourth-order valence-electron chi connectivity index (χ4n) is 0.965. The van der Waals surface area contributed by atoms with Crippen molar-refractivity contribution in [2.24, 2.45) is 0 Å². The normalized spacial score (nSPS) is 9.80. The topological polar surface area (TPSA) is 29.5 Å². The third-order valence-corrected chi connectivity index (χ3v) is 2.06. The highest BCUT2D eigenvalue weighted by Gasteiger charge is 2.07. The van der Waals surface area contributed by atoms with Crippen molar-refractivity contribution in [1.29, 1.82) is 0 Å². The predicted molar refractivity (Wildman–Crippen MR) is 54.9 cm³/mol. The van der Waals surface area contributed by atoms with Crippen molar-refractivity contribution < 1.29 is 13.9 Å². The van der Waals surface area contributed by atoms with Crippen LogP contribution in [0.15, 0.2) is 24.3 Å². The maximum absolute atomic E-state index is 12.6. The number of rotatable bonds is 3. The molecule has 0 atom stereocenters. The van der Waals surface area contributed by atoms with Gasteiger partial charge in [-0.1, -0.05) is 12.1 Å². The molecule has 0 bridgehead atoms. The number of carbonyl (C=O) groups is 1. The average Bonchev–Trinajstić information content (AvgIpc) is 2.26. The first kappa shape index (κ1) is 11.5. The number of hydrogen-bond acceptors (Lipinski definition) is 2. The van der Waals surface area contributed by atoms with Gasteiger partial charge in [-0.15, -0.1) is 0 Å². The van der Waals surface area contributed by atoms with E-state index in [2.05, 4.69) is 0 Å². The maximum Gasteiger partial charge on any atom is 0.409 e. The summed E-state index contributed by atoms with van der Waals surface area (Å²) in [6, 6.07) is 5.86. The van der Waals surface area contributed by atoms with E-state index in [1.165, 1.54) is 17.0 Å². The molecular weight excluding hydrogens is 197 g/mol. The molecule has 1 aromatic carbocycles. The summed E-state index contributed by atoms with van der Waals surface area (Å²) in [7, 11) is 1.66. The molecule has 0 fully saturated rings. The lowest BCUT2D eigenvalue weighted by molar-refractivity contribution is 0.106. The molecule has 1 amide bonds. The van der Waals surface area contributed by atoms with E-state index in [1.807, 2.05) is 6.92 Å². The first-order valence-corrected chi connectivity index (χ1v) is 4.75. The van der Waals surface area contributed by atoms with Gasteiger partial charge in [-0.05, 0) is 24.6 Å². The molecule has 1 aromatic rings. The highest BCUT2D eigenvalue weighted by atomic mass is 19.1. The molecule has 0 saturated heterocycles. The van der Waals surface area contributed by atoms with Crippen LogP contribution in [0.5, 0.6) is 0 Å². The second-order valence-electron chi connectivity index (χ2n) is 3.20. The van der Waals surface area contributed by atoms with Gasteiger partial charge in [0.05, 0.1) is 0 Å². The minimum Gasteiger partial charge on any atom is -0.445 e. The van der Waals surface area contributed by atoms with E-state index in [0.29, 0.717) is 6.54 Å². The summed E-state index contributed by atoms with van der Waals surface area (Å²) in [5.74, 6) is -0.296. The Morgan fingerprint density at radius 1 is 1.40 bits per heavy atom. The van der Waals surface area contributed by atoms with Gasteiger partial charge < -0.3 is 9.64 Å². The molecule has 0 aliphatic carbocycles. The molecule has 82 valence electrons. The van der Waals surface area contributed by atoms with E-state index in [1.54, 1.807) is 19.2 Å². The summed E-state index contributed by atoms with van der Waals surface area (Å²) in [5, 5.41) is 0. The Morgan fingerprint density at radius 3 is 2.53 bits per heavy atom. The third kappa shape index (κ3) is 3.58. The molecule has 0 aromatic heterocycles. The van der Waals surface area contributed by atoms with Crippen LogP contribution in [-0.4, -0.2) is 24.6 Å². The molecule has 0 aliphatic rings. The molecule has 0 unspecified atom stereocenters. The average molecular weight is 211 g/mol. The molecule has 0 N–H and O–H groups in total. The van der Waals surface area contributed by atoms with E-state index in [0.717, 1.165) is 5.56 Å². The van der Waals surface area contributed by atoms with Gasteiger partial charge in [0.25, 0.3) is 0 Å². The van der Waals surface area contributed by atoms with Gasteiger partial charge >= 0.3 is 6.09 Å². The smallest absolute Gasteiger partial charge is 0.409 e. The molecule has 0 aliphatic heterocycles. The van der Waals surface area contributed by atoms with Gasteiger partial charge in [0.15, 0.2) is 0 Å². The molecule has 15 heavy (non-hydrogen) atoms. The Bertz CT molecular complexity index is 324. The lowest BCUT2D eigenvalue weighted by Crippen LogP contribution is -2.26. The van der Waals surface area contributed by atoms with E-state index >= 15 is 0 Å². The molecule has 0 saturated carbocycles. The zero-order valence-electron chi connectivity index (χ0n) is 8.87. The Kier molecular flexibility index (Phi) is 4.09. The number of ether oxygens (including phenoxy) is 1. The van der Waals surface area contributed by atoms with Crippen LogP contribution in [0.1, 0.15) is 12.5 Å². The number of carbonyl (C=O) groups excluding carboxylic acids is 1. The Hall–Kier alpha value is -1.58. The Labute approximate surface area is 88.5 Å². The summed E-state index contributed by atoms with van der Waals surface area (Å²) in [6.45, 7) is 2.63. The predicted octanol–water partition coefficient (Wildman–Crippen LogP) is 2.41. The molecular formula is C11H14FNO2. The summed E-state index contributed by atoms with van der Waals surface area (Å²) in [4.78, 5) is 12.7. The highest BCUT2D eigenvalue weighted by molar-refractivity contribution is 5.67. The van der Waals surface area contributed by atoms with Gasteiger partial charge in [0.1, 0.15) is 12.4 Å². The van der Waals surface area contributed by atoms with Gasteiger partial charge in [0, 0.05) is 13.6 Å². The molecule has 0 spiro atoms. The fraction of sp³-hybridized carbons (Fsp3) is 0.364. The van der Waals surface area contributed by atoms with Crippen molar-refractivity contribution in [1.82, 2.24) is 4.90 Å². The number of nitrogens with zero attached hydrogens (tertiary/aromatic N) is 1. The summed E-state index contributed by atoms with van der Waals surface area (Å²) < 4.78 is 17.5. The van der Waals surface area contributed by atoms with Crippen LogP contribution in [-0.2, 0) is 11.3 Å². The molecule has 0 radical (unpaired) electrons. The lowest BCUT2D eigenvalue weighted by atomic mass is 10.2. The van der Waals surface area contributed by atoms with Crippen LogP contribution < -0.4 is 0 Å². The van der Waals surface area contributed by atoms with Gasteiger partial charge in [-0.2, -0.15) is 0 Å². The fourth-order valence-corrected chi connectivity index (χ4v) is 0.965. The van der Waals surface area contributed by atoms with Crippen LogP contribution in [0.3, 0.4) is 0 Å². The zero-order valence-corrected chi connectivity index (χ0v) is 8.87. The monoisotopic (exact) mass is 211 g/mol. The quantitative estimate of drug-likeness (QED) is 0.768. The van der Waals surface area contributed by atoms with Crippen LogP contribution in [0.4, 0.5) is 9.18 Å². The van der Waals surface area contributed by atoms with Crippen molar-refractivity contribution in [3.8, 4) is 0 Å². The molecule has 1 rings (SSSR count). The largest absolute Gasteiger partial charge is 0.445 e. The second-order valence-corrected chi connectivity index (χ2v) is 3.20. The maximum atomic E-state index is 12.6. The highest BCUT2D eigenvalue weighted by Crippen LogP contribution is 2.05. The van der Waals surface area contributed by atoms with Crippen molar-refractivity contribution in [2.75, 3.05) is 13.6 Å². The first-order valence-electron chi connectivity index (χ1n) is 4.75. The van der Waals surface area contributed by atoms with E-state index in [4.69, 9.17) is 4.74 Å². The summed E-state index contributed by atoms with van der Waals surface area (Å²) in [6.07, 6.45) is -0.373. The van der Waals surface area contributed by atoms with Crippen LogP contribution in [0, 0.1) is 5.82 Å². The lowest BCUT2D eigenvalue weighted by Gasteiger charge is -2.14. The number of hydrogen-bond donors (Lipinski definition) is 0. The van der Waals surface area contributed by atoms with Gasteiger partial charge in [-0.3, -0.25) is 0 Å². The number of amides is 1. The molecule has 0 heterocycles. The first-order chi connectivity index (χ1) is 7.13. The summed E-state index contributed by atoms with van der Waals surface area (Å²) >= 11 is 0. The van der Waals surface area contributed by atoms with E-state index < -0.39 is 0 Å². The minimum absolute atomic E-state index is 0.170. The van der Waals surface area contributed by atoms with Gasteiger partial charge in [-0.25, -0.2) is 9.18 Å². The van der Waals surface area contributed by atoms with Crippen molar-refractivity contribution in [3.63, 3.8) is 0 Å². The van der Waals surface area contributed by atoms with E-state index in [9.17, 15) is 9.18 Å². The van der Waals surface area contributed by atoms with Crippen molar-refractivity contribution in [3.05, 3.63) is 35.6 Å². The molecule has 3 nitrogen and oxygen atoms in total.